The third-order valence-corrected chi connectivity index (χ3v) is 3.82. The second-order valence-electron chi connectivity index (χ2n) is 6.11. The lowest BCUT2D eigenvalue weighted by Gasteiger charge is -2.08. The van der Waals surface area contributed by atoms with Crippen molar-refractivity contribution in [2.24, 2.45) is 0 Å². The number of carbonyl (C=O) groups is 1. The van der Waals surface area contributed by atoms with Crippen molar-refractivity contribution in [1.82, 2.24) is 20.5 Å². The van der Waals surface area contributed by atoms with E-state index in [0.29, 0.717) is 31.1 Å². The first-order valence-corrected chi connectivity index (χ1v) is 8.76. The van der Waals surface area contributed by atoms with E-state index in [-0.39, 0.29) is 5.91 Å². The molecule has 2 aromatic heterocycles. The van der Waals surface area contributed by atoms with Gasteiger partial charge in [0.2, 0.25) is 5.91 Å². The number of aryl methyl sites for hydroxylation is 1. The van der Waals surface area contributed by atoms with Crippen LogP contribution in [-0.4, -0.2) is 34.2 Å². The van der Waals surface area contributed by atoms with E-state index in [9.17, 15) is 4.79 Å². The van der Waals surface area contributed by atoms with Crippen molar-refractivity contribution in [1.29, 1.82) is 0 Å². The summed E-state index contributed by atoms with van der Waals surface area (Å²) in [7, 11) is 0. The molecule has 3 aromatic rings. The largest absolute Gasteiger partial charge is 0.367 e. The number of pyridine rings is 1. The highest BCUT2D eigenvalue weighted by molar-refractivity contribution is 5.78. The molecule has 0 saturated carbocycles. The molecule has 1 amide bonds. The van der Waals surface area contributed by atoms with Gasteiger partial charge in [-0.1, -0.05) is 29.8 Å². The van der Waals surface area contributed by atoms with E-state index in [2.05, 4.69) is 31.1 Å². The number of benzene rings is 1. The van der Waals surface area contributed by atoms with E-state index in [1.165, 1.54) is 0 Å². The average molecular weight is 362 g/mol. The standard InChI is InChI=1S/C20H22N6O/c1-15-3-2-4-16(13-15)14-20(27)23-12-11-22-18-5-6-19(26-25-18)24-17-7-9-21-10-8-17/h2-10,13H,11-12,14H2,1H3,(H,22,25)(H,23,27)(H,21,24,26). The Hall–Kier alpha value is -3.48. The molecular weight excluding hydrogens is 340 g/mol. The maximum Gasteiger partial charge on any atom is 0.224 e. The second-order valence-corrected chi connectivity index (χ2v) is 6.11. The molecule has 3 N–H and O–H groups in total. The molecule has 0 aliphatic carbocycles. The average Bonchev–Trinajstić information content (AvgIpc) is 2.67. The van der Waals surface area contributed by atoms with Crippen molar-refractivity contribution >= 4 is 23.2 Å². The summed E-state index contributed by atoms with van der Waals surface area (Å²) in [6, 6.07) is 15.4. The molecule has 0 fully saturated rings. The van der Waals surface area contributed by atoms with Crippen molar-refractivity contribution in [3.05, 3.63) is 72.1 Å². The zero-order chi connectivity index (χ0) is 18.9. The molecule has 27 heavy (non-hydrogen) atoms. The van der Waals surface area contributed by atoms with Crippen LogP contribution in [0.3, 0.4) is 0 Å². The molecular formula is C20H22N6O. The monoisotopic (exact) mass is 362 g/mol. The molecule has 0 radical (unpaired) electrons. The topological polar surface area (TPSA) is 91.8 Å². The summed E-state index contributed by atoms with van der Waals surface area (Å²) in [6.07, 6.45) is 3.80. The fraction of sp³-hybridized carbons (Fsp3) is 0.200. The lowest BCUT2D eigenvalue weighted by Crippen LogP contribution is -2.30. The lowest BCUT2D eigenvalue weighted by atomic mass is 10.1. The number of anilines is 3. The molecule has 0 saturated heterocycles. The SMILES string of the molecule is Cc1cccc(CC(=O)NCCNc2ccc(Nc3ccncc3)nn2)c1. The molecule has 0 aliphatic rings. The number of hydrogen-bond donors (Lipinski definition) is 3. The first-order chi connectivity index (χ1) is 13.2. The van der Waals surface area contributed by atoms with Crippen molar-refractivity contribution in [3.63, 3.8) is 0 Å². The van der Waals surface area contributed by atoms with Gasteiger partial charge < -0.3 is 16.0 Å². The third-order valence-electron chi connectivity index (χ3n) is 3.82. The van der Waals surface area contributed by atoms with E-state index < -0.39 is 0 Å². The minimum Gasteiger partial charge on any atom is -0.367 e. The second kappa shape index (κ2) is 9.28. The number of amides is 1. The van der Waals surface area contributed by atoms with Crippen LogP contribution < -0.4 is 16.0 Å². The van der Waals surface area contributed by atoms with Gasteiger partial charge in [-0.05, 0) is 36.8 Å². The Bertz CT molecular complexity index is 867. The quantitative estimate of drug-likeness (QED) is 0.534. The highest BCUT2D eigenvalue weighted by Gasteiger charge is 2.03. The Labute approximate surface area is 158 Å². The highest BCUT2D eigenvalue weighted by atomic mass is 16.1. The predicted octanol–water partition coefficient (Wildman–Crippen LogP) is 2.69. The van der Waals surface area contributed by atoms with E-state index in [1.807, 2.05) is 55.5 Å². The fourth-order valence-corrected chi connectivity index (χ4v) is 2.54. The summed E-state index contributed by atoms with van der Waals surface area (Å²) in [5.74, 6) is 1.31. The summed E-state index contributed by atoms with van der Waals surface area (Å²) in [6.45, 7) is 3.11. The van der Waals surface area contributed by atoms with Crippen LogP contribution in [0, 0.1) is 6.92 Å². The van der Waals surface area contributed by atoms with Gasteiger partial charge in [0.25, 0.3) is 0 Å². The number of aromatic nitrogens is 3. The number of nitrogens with one attached hydrogen (secondary N) is 3. The Morgan fingerprint density at radius 1 is 0.963 bits per heavy atom. The van der Waals surface area contributed by atoms with Gasteiger partial charge in [-0.15, -0.1) is 10.2 Å². The molecule has 7 heteroatoms. The van der Waals surface area contributed by atoms with Crippen LogP contribution in [0.25, 0.3) is 0 Å². The first kappa shape index (κ1) is 18.3. The van der Waals surface area contributed by atoms with Gasteiger partial charge in [0.1, 0.15) is 5.82 Å². The number of nitrogens with zero attached hydrogens (tertiary/aromatic N) is 3. The van der Waals surface area contributed by atoms with Gasteiger partial charge in [0, 0.05) is 31.2 Å². The molecule has 1 aromatic carbocycles. The van der Waals surface area contributed by atoms with Crippen molar-refractivity contribution in [2.75, 3.05) is 23.7 Å². The number of carbonyl (C=O) groups excluding carboxylic acids is 1. The van der Waals surface area contributed by atoms with Gasteiger partial charge in [-0.2, -0.15) is 0 Å². The minimum absolute atomic E-state index is 0.00498. The van der Waals surface area contributed by atoms with Crippen LogP contribution in [0.15, 0.2) is 60.9 Å². The van der Waals surface area contributed by atoms with Crippen LogP contribution in [0.1, 0.15) is 11.1 Å². The maximum atomic E-state index is 12.0. The maximum absolute atomic E-state index is 12.0. The Morgan fingerprint density at radius 2 is 1.74 bits per heavy atom. The van der Waals surface area contributed by atoms with Gasteiger partial charge >= 0.3 is 0 Å². The molecule has 138 valence electrons. The van der Waals surface area contributed by atoms with Crippen LogP contribution in [-0.2, 0) is 11.2 Å². The number of rotatable bonds is 8. The zero-order valence-corrected chi connectivity index (χ0v) is 15.1. The number of hydrogen-bond acceptors (Lipinski definition) is 6. The van der Waals surface area contributed by atoms with Crippen LogP contribution >= 0.6 is 0 Å². The van der Waals surface area contributed by atoms with E-state index >= 15 is 0 Å². The normalized spacial score (nSPS) is 10.3. The van der Waals surface area contributed by atoms with Gasteiger partial charge in [-0.25, -0.2) is 0 Å². The molecule has 2 heterocycles. The molecule has 0 spiro atoms. The highest BCUT2D eigenvalue weighted by Crippen LogP contribution is 2.13. The Kier molecular flexibility index (Phi) is 6.30. The Balaban J connectivity index is 1.38. The van der Waals surface area contributed by atoms with Crippen LogP contribution in [0.2, 0.25) is 0 Å². The molecule has 7 nitrogen and oxygen atoms in total. The van der Waals surface area contributed by atoms with E-state index in [0.717, 1.165) is 16.8 Å². The fourth-order valence-electron chi connectivity index (χ4n) is 2.54. The smallest absolute Gasteiger partial charge is 0.224 e. The third kappa shape index (κ3) is 6.07. The molecule has 3 rings (SSSR count). The predicted molar refractivity (Wildman–Crippen MR) is 106 cm³/mol. The van der Waals surface area contributed by atoms with Gasteiger partial charge in [0.05, 0.1) is 6.42 Å². The summed E-state index contributed by atoms with van der Waals surface area (Å²) >= 11 is 0. The van der Waals surface area contributed by atoms with Crippen LogP contribution in [0.4, 0.5) is 17.3 Å². The Morgan fingerprint density at radius 3 is 2.48 bits per heavy atom. The minimum atomic E-state index is 0.00498. The first-order valence-electron chi connectivity index (χ1n) is 8.76. The van der Waals surface area contributed by atoms with E-state index in [4.69, 9.17) is 0 Å². The van der Waals surface area contributed by atoms with Gasteiger partial charge in [-0.3, -0.25) is 9.78 Å². The lowest BCUT2D eigenvalue weighted by molar-refractivity contribution is -0.120. The molecule has 0 aliphatic heterocycles. The summed E-state index contributed by atoms with van der Waals surface area (Å²) in [5.41, 5.74) is 3.07. The molecule has 0 bridgehead atoms. The van der Waals surface area contributed by atoms with Crippen LogP contribution in [0.5, 0.6) is 0 Å². The summed E-state index contributed by atoms with van der Waals surface area (Å²) in [4.78, 5) is 15.9. The van der Waals surface area contributed by atoms with Crippen molar-refractivity contribution in [2.45, 2.75) is 13.3 Å². The summed E-state index contributed by atoms with van der Waals surface area (Å²) in [5, 5.41) is 17.4. The van der Waals surface area contributed by atoms with Gasteiger partial charge in [0.15, 0.2) is 5.82 Å². The summed E-state index contributed by atoms with van der Waals surface area (Å²) < 4.78 is 0. The zero-order valence-electron chi connectivity index (χ0n) is 15.1. The van der Waals surface area contributed by atoms with E-state index in [1.54, 1.807) is 12.4 Å². The molecule has 0 unspecified atom stereocenters. The molecule has 0 atom stereocenters. The van der Waals surface area contributed by atoms with Crippen molar-refractivity contribution in [3.8, 4) is 0 Å². The van der Waals surface area contributed by atoms with Crippen molar-refractivity contribution < 1.29 is 4.79 Å².